The van der Waals surface area contributed by atoms with Gasteiger partial charge in [0.25, 0.3) is 0 Å². The fourth-order valence-electron chi connectivity index (χ4n) is 2.46. The normalized spacial score (nSPS) is 11.5. The zero-order chi connectivity index (χ0) is 18.0. The van der Waals surface area contributed by atoms with E-state index in [9.17, 15) is 18.5 Å². The quantitative estimate of drug-likeness (QED) is 0.531. The van der Waals surface area contributed by atoms with E-state index in [4.69, 9.17) is 5.73 Å². The molecule has 25 heavy (non-hydrogen) atoms. The van der Waals surface area contributed by atoms with Crippen LogP contribution in [-0.2, 0) is 16.6 Å². The summed E-state index contributed by atoms with van der Waals surface area (Å²) in [4.78, 5) is 13.9. The van der Waals surface area contributed by atoms with Gasteiger partial charge < -0.3 is 15.8 Å². The molecule has 9 heteroatoms. The lowest BCUT2D eigenvalue weighted by Gasteiger charge is -2.11. The van der Waals surface area contributed by atoms with Crippen molar-refractivity contribution in [2.45, 2.75) is 11.4 Å². The van der Waals surface area contributed by atoms with Crippen LogP contribution in [0.3, 0.4) is 0 Å². The molecule has 0 fully saturated rings. The lowest BCUT2D eigenvalue weighted by Crippen LogP contribution is -2.25. The molecule has 0 aliphatic carbocycles. The van der Waals surface area contributed by atoms with Gasteiger partial charge in [0.1, 0.15) is 4.90 Å². The largest absolute Gasteiger partial charge is 0.391 e. The highest BCUT2D eigenvalue weighted by Gasteiger charge is 2.29. The topological polar surface area (TPSA) is 128 Å². The summed E-state index contributed by atoms with van der Waals surface area (Å²) in [6, 6.07) is 15.1. The van der Waals surface area contributed by atoms with E-state index in [1.165, 1.54) is 12.1 Å². The fraction of sp³-hybridized carbons (Fsp3) is 0.0625. The summed E-state index contributed by atoms with van der Waals surface area (Å²) in [6.45, 7) is 0.0348. The molecule has 1 heterocycles. The number of nitrogens with zero attached hydrogens (tertiary/aromatic N) is 2. The average Bonchev–Trinajstić information content (AvgIpc) is 2.60. The number of rotatable bonds is 5. The van der Waals surface area contributed by atoms with Crippen LogP contribution in [-0.4, -0.2) is 18.3 Å². The van der Waals surface area contributed by atoms with Crippen LogP contribution in [0.15, 0.2) is 59.5 Å². The average molecular weight is 358 g/mol. The van der Waals surface area contributed by atoms with Gasteiger partial charge in [0.05, 0.1) is 0 Å². The molecule has 3 N–H and O–H groups in total. The number of hydrogen-bond donors (Lipinski definition) is 2. The summed E-state index contributed by atoms with van der Waals surface area (Å²) < 4.78 is 28.0. The highest BCUT2D eigenvalue weighted by atomic mass is 32.2. The first-order valence-electron chi connectivity index (χ1n) is 7.26. The number of para-hydroxylation sites is 1. The minimum Gasteiger partial charge on any atom is -0.391 e. The van der Waals surface area contributed by atoms with E-state index in [1.54, 1.807) is 36.4 Å². The number of nitrogen functional groups attached to an aromatic ring is 1. The van der Waals surface area contributed by atoms with E-state index < -0.39 is 26.5 Å². The number of nitro groups is 1. The van der Waals surface area contributed by atoms with Crippen molar-refractivity contribution in [3.8, 4) is 0 Å². The number of anilines is 1. The van der Waals surface area contributed by atoms with Gasteiger partial charge in [-0.1, -0.05) is 42.5 Å². The smallest absolute Gasteiger partial charge is 0.388 e. The second-order valence-corrected chi connectivity index (χ2v) is 6.97. The molecule has 0 spiro atoms. The molecule has 0 radical (unpaired) electrons. The van der Waals surface area contributed by atoms with Gasteiger partial charge in [-0.2, -0.15) is 0 Å². The Bertz CT molecular complexity index is 1050. The molecule has 0 aliphatic rings. The van der Waals surface area contributed by atoms with Crippen LogP contribution < -0.4 is 10.5 Å². The van der Waals surface area contributed by atoms with Crippen molar-refractivity contribution < 1.29 is 13.3 Å². The number of nitrogens with one attached hydrogen (secondary N) is 1. The number of benzene rings is 2. The van der Waals surface area contributed by atoms with Gasteiger partial charge in [0, 0.05) is 11.9 Å². The summed E-state index contributed by atoms with van der Waals surface area (Å²) in [7, 11) is -4.09. The Kier molecular flexibility index (Phi) is 4.34. The van der Waals surface area contributed by atoms with Gasteiger partial charge in [-0.3, -0.25) is 0 Å². The number of aromatic nitrogens is 1. The zero-order valence-corrected chi connectivity index (χ0v) is 13.7. The van der Waals surface area contributed by atoms with E-state index in [2.05, 4.69) is 9.71 Å². The summed E-state index contributed by atoms with van der Waals surface area (Å²) >= 11 is 0. The Morgan fingerprint density at radius 3 is 2.40 bits per heavy atom. The first-order valence-corrected chi connectivity index (χ1v) is 8.74. The SMILES string of the molecule is Nc1c([N+](=O)[O-])nc2ccccc2c1S(=O)(=O)NCc1ccccc1. The van der Waals surface area contributed by atoms with Gasteiger partial charge in [0.2, 0.25) is 10.0 Å². The second-order valence-electron chi connectivity index (χ2n) is 5.26. The van der Waals surface area contributed by atoms with Gasteiger partial charge >= 0.3 is 5.82 Å². The molecule has 0 unspecified atom stereocenters. The molecule has 0 aliphatic heterocycles. The van der Waals surface area contributed by atoms with Crippen molar-refractivity contribution in [2.24, 2.45) is 0 Å². The molecule has 0 atom stereocenters. The van der Waals surface area contributed by atoms with Gasteiger partial charge in [0.15, 0.2) is 11.2 Å². The van der Waals surface area contributed by atoms with Crippen LogP contribution in [0.5, 0.6) is 0 Å². The van der Waals surface area contributed by atoms with E-state index >= 15 is 0 Å². The van der Waals surface area contributed by atoms with Crippen LogP contribution in [0.1, 0.15) is 5.56 Å². The number of pyridine rings is 1. The maximum absolute atomic E-state index is 12.8. The van der Waals surface area contributed by atoms with Crippen molar-refractivity contribution in [1.82, 2.24) is 9.71 Å². The summed E-state index contributed by atoms with van der Waals surface area (Å²) in [5.74, 6) is -0.682. The predicted octanol–water partition coefficient (Wildman–Crippen LogP) is 2.20. The standard InChI is InChI=1S/C16H14N4O4S/c17-14-15(25(23,24)18-10-11-6-2-1-3-7-11)12-8-4-5-9-13(12)19-16(14)20(21)22/h1-9,18H,10,17H2. The monoisotopic (exact) mass is 358 g/mol. The van der Waals surface area contributed by atoms with Gasteiger partial charge in [-0.05, 0) is 27.6 Å². The minimum atomic E-state index is -4.09. The number of sulfonamides is 1. The molecule has 3 aromatic rings. The first-order chi connectivity index (χ1) is 11.9. The molecule has 1 aromatic heterocycles. The highest BCUT2D eigenvalue weighted by molar-refractivity contribution is 7.89. The van der Waals surface area contributed by atoms with Gasteiger partial charge in [-0.15, -0.1) is 0 Å². The van der Waals surface area contributed by atoms with Crippen LogP contribution >= 0.6 is 0 Å². The van der Waals surface area contributed by atoms with Crippen molar-refractivity contribution in [2.75, 3.05) is 5.73 Å². The third-order valence-electron chi connectivity index (χ3n) is 3.61. The third-order valence-corrected chi connectivity index (χ3v) is 5.11. The molecule has 3 rings (SSSR count). The molecule has 0 amide bonds. The van der Waals surface area contributed by atoms with E-state index in [1.807, 2.05) is 6.07 Å². The van der Waals surface area contributed by atoms with Crippen LogP contribution in [0.4, 0.5) is 11.5 Å². The number of hydrogen-bond acceptors (Lipinski definition) is 6. The molecular formula is C16H14N4O4S. The molecule has 0 saturated carbocycles. The van der Waals surface area contributed by atoms with Crippen molar-refractivity contribution in [3.63, 3.8) is 0 Å². The minimum absolute atomic E-state index is 0.0348. The van der Waals surface area contributed by atoms with E-state index in [0.29, 0.717) is 0 Å². The molecule has 0 saturated heterocycles. The van der Waals surface area contributed by atoms with E-state index in [0.717, 1.165) is 5.56 Å². The zero-order valence-electron chi connectivity index (χ0n) is 12.9. The molecule has 128 valence electrons. The Morgan fingerprint density at radius 1 is 1.08 bits per heavy atom. The second kappa shape index (κ2) is 6.46. The van der Waals surface area contributed by atoms with Crippen LogP contribution in [0.2, 0.25) is 0 Å². The van der Waals surface area contributed by atoms with Crippen molar-refractivity contribution in [1.29, 1.82) is 0 Å². The van der Waals surface area contributed by atoms with Crippen LogP contribution in [0.25, 0.3) is 10.9 Å². The molecule has 8 nitrogen and oxygen atoms in total. The Morgan fingerprint density at radius 2 is 1.72 bits per heavy atom. The lowest BCUT2D eigenvalue weighted by molar-refractivity contribution is -0.388. The van der Waals surface area contributed by atoms with Crippen molar-refractivity contribution >= 4 is 32.4 Å². The van der Waals surface area contributed by atoms with Crippen molar-refractivity contribution in [3.05, 3.63) is 70.3 Å². The Labute approximate surface area is 143 Å². The van der Waals surface area contributed by atoms with E-state index in [-0.39, 0.29) is 22.3 Å². The summed E-state index contributed by atoms with van der Waals surface area (Å²) in [5, 5.41) is 11.4. The molecule has 2 aromatic carbocycles. The molecular weight excluding hydrogens is 344 g/mol. The predicted molar refractivity (Wildman–Crippen MR) is 93.3 cm³/mol. The highest BCUT2D eigenvalue weighted by Crippen LogP contribution is 2.33. The molecule has 0 bridgehead atoms. The Balaban J connectivity index is 2.12. The Hall–Kier alpha value is -3.04. The van der Waals surface area contributed by atoms with Crippen LogP contribution in [0, 0.1) is 10.1 Å². The first kappa shape index (κ1) is 16.8. The fourth-order valence-corrected chi connectivity index (χ4v) is 3.80. The lowest BCUT2D eigenvalue weighted by atomic mass is 10.2. The number of nitrogens with two attached hydrogens (primary N) is 1. The summed E-state index contributed by atoms with van der Waals surface area (Å²) in [5.41, 5.74) is 6.23. The summed E-state index contributed by atoms with van der Waals surface area (Å²) in [6.07, 6.45) is 0. The number of fused-ring (bicyclic) bond motifs is 1. The maximum Gasteiger partial charge on any atom is 0.388 e. The third kappa shape index (κ3) is 3.28. The van der Waals surface area contributed by atoms with Gasteiger partial charge in [-0.25, -0.2) is 13.1 Å². The maximum atomic E-state index is 12.8.